The van der Waals surface area contributed by atoms with Crippen molar-refractivity contribution in [3.05, 3.63) is 29.8 Å². The molecule has 2 saturated heterocycles. The van der Waals surface area contributed by atoms with Crippen molar-refractivity contribution in [1.82, 2.24) is 9.80 Å². The molecular weight excluding hydrogens is 248 g/mol. The van der Waals surface area contributed by atoms with E-state index in [9.17, 15) is 5.11 Å². The summed E-state index contributed by atoms with van der Waals surface area (Å²) in [7, 11) is 0. The van der Waals surface area contributed by atoms with Gasteiger partial charge in [0.2, 0.25) is 0 Å². The van der Waals surface area contributed by atoms with Crippen LogP contribution in [0.1, 0.15) is 37.7 Å². The van der Waals surface area contributed by atoms with Gasteiger partial charge in [-0.15, -0.1) is 0 Å². The molecule has 1 N–H and O–H groups in total. The number of likely N-dealkylation sites (tertiary alicyclic amines) is 2. The highest BCUT2D eigenvalue weighted by Crippen LogP contribution is 2.23. The van der Waals surface area contributed by atoms with Gasteiger partial charge in [0.05, 0.1) is 0 Å². The largest absolute Gasteiger partial charge is 0.508 e. The summed E-state index contributed by atoms with van der Waals surface area (Å²) in [6, 6.07) is 8.43. The molecule has 20 heavy (non-hydrogen) atoms. The Hall–Kier alpha value is -1.06. The molecule has 110 valence electrons. The Kier molecular flexibility index (Phi) is 4.58. The molecule has 0 spiro atoms. The summed E-state index contributed by atoms with van der Waals surface area (Å²) in [5.74, 6) is 0.385. The van der Waals surface area contributed by atoms with Gasteiger partial charge in [-0.1, -0.05) is 18.6 Å². The summed E-state index contributed by atoms with van der Waals surface area (Å²) in [6.45, 7) is 5.99. The molecule has 0 aromatic heterocycles. The summed E-state index contributed by atoms with van der Waals surface area (Å²) in [5, 5.41) is 9.61. The van der Waals surface area contributed by atoms with Crippen molar-refractivity contribution in [1.29, 1.82) is 0 Å². The third-order valence-corrected chi connectivity index (χ3v) is 4.71. The highest BCUT2D eigenvalue weighted by Gasteiger charge is 2.25. The number of phenols is 1. The van der Waals surface area contributed by atoms with Crippen LogP contribution in [0.2, 0.25) is 0 Å². The zero-order valence-electron chi connectivity index (χ0n) is 12.3. The van der Waals surface area contributed by atoms with E-state index in [0.29, 0.717) is 11.8 Å². The number of hydrogen-bond donors (Lipinski definition) is 1. The molecule has 3 heteroatoms. The van der Waals surface area contributed by atoms with Gasteiger partial charge < -0.3 is 10.0 Å². The van der Waals surface area contributed by atoms with Gasteiger partial charge >= 0.3 is 0 Å². The van der Waals surface area contributed by atoms with E-state index in [4.69, 9.17) is 0 Å². The molecule has 1 aromatic carbocycles. The quantitative estimate of drug-likeness (QED) is 0.914. The van der Waals surface area contributed by atoms with Crippen molar-refractivity contribution in [2.75, 3.05) is 26.2 Å². The summed E-state index contributed by atoms with van der Waals surface area (Å²) >= 11 is 0. The number of nitrogens with zero attached hydrogens (tertiary/aromatic N) is 2. The molecule has 1 atom stereocenters. The first kappa shape index (κ1) is 13.9. The number of rotatable bonds is 4. The van der Waals surface area contributed by atoms with Gasteiger partial charge in [-0.3, -0.25) is 4.90 Å². The Labute approximate surface area is 122 Å². The highest BCUT2D eigenvalue weighted by molar-refractivity contribution is 5.27. The van der Waals surface area contributed by atoms with Crippen LogP contribution in [-0.4, -0.2) is 47.1 Å². The second-order valence-corrected chi connectivity index (χ2v) is 6.30. The maximum absolute atomic E-state index is 9.61. The van der Waals surface area contributed by atoms with E-state index in [0.717, 1.165) is 6.54 Å². The fourth-order valence-electron chi connectivity index (χ4n) is 3.63. The van der Waals surface area contributed by atoms with Crippen LogP contribution in [-0.2, 0) is 6.54 Å². The van der Waals surface area contributed by atoms with Crippen LogP contribution in [0, 0.1) is 0 Å². The number of piperidine rings is 1. The normalized spacial score (nSPS) is 25.1. The number of aromatic hydroxyl groups is 1. The molecule has 2 heterocycles. The molecular formula is C17H26N2O. The van der Waals surface area contributed by atoms with E-state index in [2.05, 4.69) is 15.9 Å². The lowest BCUT2D eigenvalue weighted by molar-refractivity contribution is 0.106. The topological polar surface area (TPSA) is 26.7 Å². The molecule has 0 bridgehead atoms. The van der Waals surface area contributed by atoms with Crippen molar-refractivity contribution in [2.24, 2.45) is 0 Å². The Morgan fingerprint density at radius 2 is 1.85 bits per heavy atom. The first-order chi connectivity index (χ1) is 9.81. The Balaban J connectivity index is 1.62. The fraction of sp³-hybridized carbons (Fsp3) is 0.647. The van der Waals surface area contributed by atoms with Crippen LogP contribution >= 0.6 is 0 Å². The van der Waals surface area contributed by atoms with Gasteiger partial charge in [0.25, 0.3) is 0 Å². The average Bonchev–Trinajstić information content (AvgIpc) is 2.94. The zero-order valence-corrected chi connectivity index (χ0v) is 12.3. The van der Waals surface area contributed by atoms with Crippen LogP contribution in [0.5, 0.6) is 5.75 Å². The fourth-order valence-corrected chi connectivity index (χ4v) is 3.63. The second-order valence-electron chi connectivity index (χ2n) is 6.30. The third kappa shape index (κ3) is 3.53. The van der Waals surface area contributed by atoms with Gasteiger partial charge in [0, 0.05) is 19.1 Å². The standard InChI is InChI=1S/C17H26N2O/c20-17-8-5-6-15(12-17)13-19-11-2-1-7-16(19)14-18-9-3-4-10-18/h5-6,8,12,16,20H,1-4,7,9-11,13-14H2/t16-/m1/s1. The smallest absolute Gasteiger partial charge is 0.115 e. The number of benzene rings is 1. The molecule has 2 fully saturated rings. The molecule has 2 aliphatic rings. The minimum absolute atomic E-state index is 0.385. The van der Waals surface area contributed by atoms with Gasteiger partial charge in [-0.05, 0) is 63.0 Å². The van der Waals surface area contributed by atoms with Crippen molar-refractivity contribution < 1.29 is 5.11 Å². The minimum atomic E-state index is 0.385. The lowest BCUT2D eigenvalue weighted by Gasteiger charge is -2.38. The highest BCUT2D eigenvalue weighted by atomic mass is 16.3. The molecule has 0 amide bonds. The monoisotopic (exact) mass is 274 g/mol. The van der Waals surface area contributed by atoms with Crippen molar-refractivity contribution in [3.8, 4) is 5.75 Å². The number of phenolic OH excluding ortho intramolecular Hbond substituents is 1. The van der Waals surface area contributed by atoms with E-state index in [1.54, 1.807) is 6.07 Å². The van der Waals surface area contributed by atoms with E-state index in [1.807, 2.05) is 12.1 Å². The SMILES string of the molecule is Oc1cccc(CN2CCCC[C@@H]2CN2CCCC2)c1. The third-order valence-electron chi connectivity index (χ3n) is 4.71. The van der Waals surface area contributed by atoms with E-state index >= 15 is 0 Å². The Morgan fingerprint density at radius 1 is 1.05 bits per heavy atom. The zero-order chi connectivity index (χ0) is 13.8. The van der Waals surface area contributed by atoms with Gasteiger partial charge in [-0.25, -0.2) is 0 Å². The Morgan fingerprint density at radius 3 is 2.65 bits per heavy atom. The molecule has 0 aliphatic carbocycles. The molecule has 0 saturated carbocycles. The Bertz CT molecular complexity index is 429. The van der Waals surface area contributed by atoms with Crippen LogP contribution < -0.4 is 0 Å². The first-order valence-electron chi connectivity index (χ1n) is 8.05. The maximum atomic E-state index is 9.61. The summed E-state index contributed by atoms with van der Waals surface area (Å²) < 4.78 is 0. The molecule has 3 rings (SSSR count). The first-order valence-corrected chi connectivity index (χ1v) is 8.05. The van der Waals surface area contributed by atoms with Crippen LogP contribution in [0.4, 0.5) is 0 Å². The predicted molar refractivity (Wildman–Crippen MR) is 81.8 cm³/mol. The molecule has 0 unspecified atom stereocenters. The summed E-state index contributed by atoms with van der Waals surface area (Å²) in [6.07, 6.45) is 6.76. The summed E-state index contributed by atoms with van der Waals surface area (Å²) in [4.78, 5) is 5.25. The van der Waals surface area contributed by atoms with Gasteiger partial charge in [-0.2, -0.15) is 0 Å². The van der Waals surface area contributed by atoms with Crippen LogP contribution in [0.25, 0.3) is 0 Å². The van der Waals surface area contributed by atoms with E-state index in [1.165, 1.54) is 63.8 Å². The molecule has 1 aromatic rings. The van der Waals surface area contributed by atoms with Gasteiger partial charge in [0.1, 0.15) is 5.75 Å². The van der Waals surface area contributed by atoms with Crippen molar-refractivity contribution >= 4 is 0 Å². The van der Waals surface area contributed by atoms with Crippen molar-refractivity contribution in [2.45, 2.75) is 44.7 Å². The van der Waals surface area contributed by atoms with Gasteiger partial charge in [0.15, 0.2) is 0 Å². The molecule has 3 nitrogen and oxygen atoms in total. The predicted octanol–water partition coefficient (Wildman–Crippen LogP) is 2.84. The lowest BCUT2D eigenvalue weighted by atomic mass is 10.0. The van der Waals surface area contributed by atoms with Crippen LogP contribution in [0.3, 0.4) is 0 Å². The average molecular weight is 274 g/mol. The van der Waals surface area contributed by atoms with Crippen molar-refractivity contribution in [3.63, 3.8) is 0 Å². The van der Waals surface area contributed by atoms with E-state index in [-0.39, 0.29) is 0 Å². The van der Waals surface area contributed by atoms with Crippen LogP contribution in [0.15, 0.2) is 24.3 Å². The molecule has 0 radical (unpaired) electrons. The number of hydrogen-bond acceptors (Lipinski definition) is 3. The molecule has 2 aliphatic heterocycles. The lowest BCUT2D eigenvalue weighted by Crippen LogP contribution is -2.45. The maximum Gasteiger partial charge on any atom is 0.115 e. The van der Waals surface area contributed by atoms with E-state index < -0.39 is 0 Å². The minimum Gasteiger partial charge on any atom is -0.508 e. The second kappa shape index (κ2) is 6.59. The summed E-state index contributed by atoms with van der Waals surface area (Å²) in [5.41, 5.74) is 1.23.